The molecule has 94 valence electrons. The van der Waals surface area contributed by atoms with Gasteiger partial charge in [-0.25, -0.2) is 9.78 Å². The van der Waals surface area contributed by atoms with E-state index in [1.54, 1.807) is 6.20 Å². The van der Waals surface area contributed by atoms with Crippen LogP contribution in [0.5, 0.6) is 0 Å². The topological polar surface area (TPSA) is 71.8 Å². The van der Waals surface area contributed by atoms with Crippen molar-refractivity contribution in [1.29, 1.82) is 0 Å². The molecule has 1 aromatic rings. The van der Waals surface area contributed by atoms with Crippen molar-refractivity contribution in [3.8, 4) is 0 Å². The Balaban J connectivity index is 2.26. The molecule has 3 N–H and O–H groups in total. The zero-order valence-electron chi connectivity index (χ0n) is 10.7. The van der Waals surface area contributed by atoms with Crippen molar-refractivity contribution in [3.63, 3.8) is 0 Å². The van der Waals surface area contributed by atoms with Gasteiger partial charge in [0.15, 0.2) is 0 Å². The molecule has 2 atom stereocenters. The number of hydrogen-bond acceptors (Lipinski definition) is 3. The second kappa shape index (κ2) is 3.65. The Bertz CT molecular complexity index is 626. The number of nitrogens with zero attached hydrogens (tertiary/aromatic N) is 1. The summed E-state index contributed by atoms with van der Waals surface area (Å²) < 4.78 is 0. The van der Waals surface area contributed by atoms with Gasteiger partial charge in [0, 0.05) is 24.2 Å². The minimum Gasteiger partial charge on any atom is -0.318 e. The molecule has 2 aliphatic carbocycles. The van der Waals surface area contributed by atoms with Crippen molar-refractivity contribution >= 4 is 0 Å². The maximum absolute atomic E-state index is 11.3. The zero-order chi connectivity index (χ0) is 12.9. The number of nitrogens with one attached hydrogen (secondary N) is 1. The first-order valence-corrected chi connectivity index (χ1v) is 6.25. The van der Waals surface area contributed by atoms with Crippen LogP contribution in [0.25, 0.3) is 0 Å². The third-order valence-electron chi connectivity index (χ3n) is 4.03. The lowest BCUT2D eigenvalue weighted by Crippen LogP contribution is -2.50. The summed E-state index contributed by atoms with van der Waals surface area (Å²) in [7, 11) is 0. The molecule has 0 aromatic carbocycles. The van der Waals surface area contributed by atoms with Crippen molar-refractivity contribution in [2.45, 2.75) is 38.1 Å². The van der Waals surface area contributed by atoms with Gasteiger partial charge in [0.25, 0.3) is 0 Å². The molecule has 0 fully saturated rings. The Morgan fingerprint density at radius 1 is 1.61 bits per heavy atom. The average Bonchev–Trinajstić information content (AvgIpc) is 2.26. The van der Waals surface area contributed by atoms with Crippen LogP contribution in [0.15, 0.2) is 34.3 Å². The molecule has 2 bridgehead atoms. The highest BCUT2D eigenvalue weighted by atomic mass is 16.1. The Morgan fingerprint density at radius 2 is 2.39 bits per heavy atom. The van der Waals surface area contributed by atoms with E-state index in [9.17, 15) is 4.79 Å². The largest absolute Gasteiger partial charge is 0.345 e. The van der Waals surface area contributed by atoms with Gasteiger partial charge in [0.2, 0.25) is 0 Å². The number of fused-ring (bicyclic) bond motifs is 4. The summed E-state index contributed by atoms with van der Waals surface area (Å²) in [5, 5.41) is 0. The van der Waals surface area contributed by atoms with Gasteiger partial charge in [-0.15, -0.1) is 0 Å². The number of aromatic nitrogens is 2. The number of H-pyrrole nitrogens is 1. The fourth-order valence-electron chi connectivity index (χ4n) is 3.42. The van der Waals surface area contributed by atoms with E-state index >= 15 is 0 Å². The van der Waals surface area contributed by atoms with E-state index in [-0.39, 0.29) is 11.6 Å². The van der Waals surface area contributed by atoms with Crippen LogP contribution >= 0.6 is 0 Å². The molecule has 1 unspecified atom stereocenters. The lowest BCUT2D eigenvalue weighted by molar-refractivity contribution is 0.479. The van der Waals surface area contributed by atoms with Crippen LogP contribution in [0.3, 0.4) is 0 Å². The van der Waals surface area contributed by atoms with Crippen LogP contribution in [0.4, 0.5) is 0 Å². The maximum atomic E-state index is 11.3. The molecule has 0 spiro atoms. The molecule has 2 aliphatic rings. The molecule has 18 heavy (non-hydrogen) atoms. The smallest absolute Gasteiger partial charge is 0.318 e. The third kappa shape index (κ3) is 1.49. The van der Waals surface area contributed by atoms with Gasteiger partial charge in [-0.1, -0.05) is 17.7 Å². The van der Waals surface area contributed by atoms with Crippen LogP contribution < -0.4 is 11.4 Å². The summed E-state index contributed by atoms with van der Waals surface area (Å²) >= 11 is 0. The SMILES string of the molecule is C/C=C1\C2CC(C)=C[C@]1(N)Cc1[nH]c(=O)ncc12. The molecule has 0 saturated carbocycles. The lowest BCUT2D eigenvalue weighted by Gasteiger charge is -2.44. The number of aromatic amines is 1. The molecule has 4 nitrogen and oxygen atoms in total. The maximum Gasteiger partial charge on any atom is 0.345 e. The van der Waals surface area contributed by atoms with Crippen molar-refractivity contribution in [2.24, 2.45) is 5.73 Å². The fraction of sp³-hybridized carbons (Fsp3) is 0.429. The predicted octanol–water partition coefficient (Wildman–Crippen LogP) is 1.40. The molecule has 0 radical (unpaired) electrons. The zero-order valence-corrected chi connectivity index (χ0v) is 10.7. The average molecular weight is 243 g/mol. The molecule has 1 heterocycles. The Labute approximate surface area is 106 Å². The van der Waals surface area contributed by atoms with Gasteiger partial charge < -0.3 is 10.7 Å². The van der Waals surface area contributed by atoms with E-state index in [0.29, 0.717) is 6.42 Å². The van der Waals surface area contributed by atoms with Gasteiger partial charge >= 0.3 is 5.69 Å². The first-order chi connectivity index (χ1) is 8.53. The Kier molecular flexibility index (Phi) is 2.32. The third-order valence-corrected chi connectivity index (χ3v) is 4.03. The van der Waals surface area contributed by atoms with Crippen LogP contribution in [0.1, 0.15) is 37.4 Å². The van der Waals surface area contributed by atoms with Crippen LogP contribution in [0, 0.1) is 0 Å². The first kappa shape index (κ1) is 11.4. The second-order valence-electron chi connectivity index (χ2n) is 5.33. The normalized spacial score (nSPS) is 32.1. The monoisotopic (exact) mass is 243 g/mol. The van der Waals surface area contributed by atoms with Crippen molar-refractivity contribution in [1.82, 2.24) is 9.97 Å². The summed E-state index contributed by atoms with van der Waals surface area (Å²) in [5.41, 5.74) is 10.4. The van der Waals surface area contributed by atoms with E-state index in [1.807, 2.05) is 6.92 Å². The van der Waals surface area contributed by atoms with Gasteiger partial charge in [0.05, 0.1) is 5.54 Å². The number of nitrogens with two attached hydrogens (primary N) is 1. The summed E-state index contributed by atoms with van der Waals surface area (Å²) in [5.74, 6) is 0.262. The Hall–Kier alpha value is -1.68. The van der Waals surface area contributed by atoms with Gasteiger partial charge in [-0.05, 0) is 31.4 Å². The fourth-order valence-corrected chi connectivity index (χ4v) is 3.42. The molecule has 4 heteroatoms. The quantitative estimate of drug-likeness (QED) is 0.677. The predicted molar refractivity (Wildman–Crippen MR) is 70.4 cm³/mol. The molecule has 0 aliphatic heterocycles. The van der Waals surface area contributed by atoms with Crippen molar-refractivity contribution in [3.05, 3.63) is 51.2 Å². The number of hydrogen-bond donors (Lipinski definition) is 2. The van der Waals surface area contributed by atoms with Gasteiger partial charge in [-0.3, -0.25) is 0 Å². The number of rotatable bonds is 0. The van der Waals surface area contributed by atoms with Crippen LogP contribution in [0.2, 0.25) is 0 Å². The highest BCUT2D eigenvalue weighted by Crippen LogP contribution is 2.46. The lowest BCUT2D eigenvalue weighted by atomic mass is 9.64. The highest BCUT2D eigenvalue weighted by molar-refractivity contribution is 5.50. The minimum atomic E-state index is -0.445. The summed E-state index contributed by atoms with van der Waals surface area (Å²) in [4.78, 5) is 18.0. The minimum absolute atomic E-state index is 0.262. The van der Waals surface area contributed by atoms with Gasteiger partial charge in [0.1, 0.15) is 0 Å². The van der Waals surface area contributed by atoms with E-state index < -0.39 is 5.54 Å². The molecular formula is C14H17N3O. The molecule has 0 saturated heterocycles. The van der Waals surface area contributed by atoms with Crippen LogP contribution in [-0.4, -0.2) is 15.5 Å². The van der Waals surface area contributed by atoms with Gasteiger partial charge in [-0.2, -0.15) is 0 Å². The molecule has 3 rings (SSSR count). The Morgan fingerprint density at radius 3 is 3.11 bits per heavy atom. The van der Waals surface area contributed by atoms with E-state index in [2.05, 4.69) is 29.0 Å². The number of allylic oxidation sites excluding steroid dienone is 2. The summed E-state index contributed by atoms with van der Waals surface area (Å²) in [6.45, 7) is 4.15. The first-order valence-electron chi connectivity index (χ1n) is 6.25. The molecular weight excluding hydrogens is 226 g/mol. The molecule has 0 amide bonds. The summed E-state index contributed by atoms with van der Waals surface area (Å²) in [6.07, 6.45) is 7.57. The van der Waals surface area contributed by atoms with Crippen molar-refractivity contribution < 1.29 is 0 Å². The highest BCUT2D eigenvalue weighted by Gasteiger charge is 2.42. The van der Waals surface area contributed by atoms with E-state index in [0.717, 1.165) is 17.7 Å². The van der Waals surface area contributed by atoms with E-state index in [1.165, 1.54) is 11.1 Å². The standard InChI is InChI=1S/C14H17N3O/c1-3-11-9-4-8(2)5-14(11,15)6-12-10(9)7-16-13(18)17-12/h3,5,7,9H,4,6,15H2,1-2H3,(H,16,17,18)/b11-3+/t9?,14-/m0/s1. The van der Waals surface area contributed by atoms with Crippen molar-refractivity contribution in [2.75, 3.05) is 0 Å². The summed E-state index contributed by atoms with van der Waals surface area (Å²) in [6, 6.07) is 0. The van der Waals surface area contributed by atoms with E-state index in [4.69, 9.17) is 5.73 Å². The second-order valence-corrected chi connectivity index (χ2v) is 5.33. The van der Waals surface area contributed by atoms with Crippen LogP contribution in [-0.2, 0) is 6.42 Å². The molecule has 1 aromatic heterocycles.